The number of rotatable bonds is 5. The summed E-state index contributed by atoms with van der Waals surface area (Å²) in [6, 6.07) is 12.6. The van der Waals surface area contributed by atoms with Crippen LogP contribution in [0, 0.1) is 13.8 Å². The van der Waals surface area contributed by atoms with Crippen LogP contribution in [0.2, 0.25) is 0 Å². The average Bonchev–Trinajstić information content (AvgIpc) is 2.42. The second-order valence-electron chi connectivity index (χ2n) is 5.63. The maximum absolute atomic E-state index is 12.2. The van der Waals surface area contributed by atoms with Crippen molar-refractivity contribution in [3.63, 3.8) is 0 Å². The monoisotopic (exact) mass is 332 g/mol. The van der Waals surface area contributed by atoms with Crippen molar-refractivity contribution in [3.05, 3.63) is 64.7 Å². The fourth-order valence-electron chi connectivity index (χ4n) is 2.35. The van der Waals surface area contributed by atoms with E-state index in [0.717, 1.165) is 22.9 Å². The Hall–Kier alpha value is -2.34. The minimum absolute atomic E-state index is 0.154. The number of amides is 1. The van der Waals surface area contributed by atoms with E-state index in [0.29, 0.717) is 17.8 Å². The minimum atomic E-state index is -3.32. The van der Waals surface area contributed by atoms with Gasteiger partial charge in [-0.15, -0.1) is 0 Å². The summed E-state index contributed by atoms with van der Waals surface area (Å²) in [5, 5.41) is 2.84. The SMILES string of the molecule is Cc1cc(C)cc(C(=O)NCc2cccc(NS(C)(=O)=O)c2)c1. The van der Waals surface area contributed by atoms with E-state index in [1.54, 1.807) is 18.2 Å². The van der Waals surface area contributed by atoms with E-state index >= 15 is 0 Å². The molecule has 6 heteroatoms. The zero-order chi connectivity index (χ0) is 17.0. The second-order valence-corrected chi connectivity index (χ2v) is 7.38. The fourth-order valence-corrected chi connectivity index (χ4v) is 2.90. The molecule has 1 amide bonds. The first kappa shape index (κ1) is 17.0. The molecule has 0 saturated carbocycles. The Kier molecular flexibility index (Phi) is 5.05. The predicted octanol–water partition coefficient (Wildman–Crippen LogP) is 2.60. The van der Waals surface area contributed by atoms with Crippen molar-refractivity contribution in [1.29, 1.82) is 0 Å². The van der Waals surface area contributed by atoms with Crippen LogP contribution in [0.4, 0.5) is 5.69 Å². The molecule has 0 heterocycles. The molecule has 0 saturated heterocycles. The van der Waals surface area contributed by atoms with Crippen LogP contribution in [0.25, 0.3) is 0 Å². The number of benzene rings is 2. The Balaban J connectivity index is 2.05. The first-order chi connectivity index (χ1) is 10.7. The van der Waals surface area contributed by atoms with Crippen molar-refractivity contribution < 1.29 is 13.2 Å². The maximum atomic E-state index is 12.2. The smallest absolute Gasteiger partial charge is 0.251 e. The molecule has 0 spiro atoms. The lowest BCUT2D eigenvalue weighted by atomic mass is 10.1. The van der Waals surface area contributed by atoms with Crippen molar-refractivity contribution in [1.82, 2.24) is 5.32 Å². The van der Waals surface area contributed by atoms with Crippen molar-refractivity contribution in [2.24, 2.45) is 0 Å². The average molecular weight is 332 g/mol. The Bertz CT molecular complexity index is 809. The lowest BCUT2D eigenvalue weighted by Gasteiger charge is -2.09. The Labute approximate surface area is 136 Å². The van der Waals surface area contributed by atoms with Gasteiger partial charge in [-0.1, -0.05) is 29.3 Å². The summed E-state index contributed by atoms with van der Waals surface area (Å²) >= 11 is 0. The van der Waals surface area contributed by atoms with Crippen LogP contribution in [0.1, 0.15) is 27.0 Å². The molecular formula is C17H20N2O3S. The van der Waals surface area contributed by atoms with Crippen molar-refractivity contribution in [2.45, 2.75) is 20.4 Å². The molecule has 0 aliphatic rings. The molecule has 23 heavy (non-hydrogen) atoms. The first-order valence-corrected chi connectivity index (χ1v) is 9.05. The quantitative estimate of drug-likeness (QED) is 0.884. The van der Waals surface area contributed by atoms with E-state index in [-0.39, 0.29) is 5.91 Å². The molecule has 0 bridgehead atoms. The molecule has 0 unspecified atom stereocenters. The molecule has 0 aromatic heterocycles. The Morgan fingerprint density at radius 2 is 1.70 bits per heavy atom. The lowest BCUT2D eigenvalue weighted by molar-refractivity contribution is 0.0950. The molecule has 0 fully saturated rings. The van der Waals surface area contributed by atoms with Gasteiger partial charge in [0.25, 0.3) is 5.91 Å². The fraction of sp³-hybridized carbons (Fsp3) is 0.235. The van der Waals surface area contributed by atoms with Crippen molar-refractivity contribution >= 4 is 21.6 Å². The van der Waals surface area contributed by atoms with Gasteiger partial charge in [0.1, 0.15) is 0 Å². The van der Waals surface area contributed by atoms with Gasteiger partial charge in [-0.25, -0.2) is 8.42 Å². The number of nitrogens with one attached hydrogen (secondary N) is 2. The standard InChI is InChI=1S/C17H20N2O3S/c1-12-7-13(2)9-15(8-12)17(20)18-11-14-5-4-6-16(10-14)19-23(3,21)22/h4-10,19H,11H2,1-3H3,(H,18,20). The van der Waals surface area contributed by atoms with E-state index in [1.807, 2.05) is 38.1 Å². The van der Waals surface area contributed by atoms with Gasteiger partial charge in [0.15, 0.2) is 0 Å². The lowest BCUT2D eigenvalue weighted by Crippen LogP contribution is -2.23. The van der Waals surface area contributed by atoms with E-state index in [4.69, 9.17) is 0 Å². The molecule has 2 aromatic rings. The summed E-state index contributed by atoms with van der Waals surface area (Å²) in [6.45, 7) is 4.22. The van der Waals surface area contributed by atoms with Crippen LogP contribution in [-0.2, 0) is 16.6 Å². The zero-order valence-corrected chi connectivity index (χ0v) is 14.2. The second kappa shape index (κ2) is 6.83. The summed E-state index contributed by atoms with van der Waals surface area (Å²) in [4.78, 5) is 12.2. The van der Waals surface area contributed by atoms with Crippen LogP contribution in [-0.4, -0.2) is 20.6 Å². The van der Waals surface area contributed by atoms with Crippen LogP contribution < -0.4 is 10.0 Å². The number of hydrogen-bond acceptors (Lipinski definition) is 3. The molecule has 2 N–H and O–H groups in total. The zero-order valence-electron chi connectivity index (χ0n) is 13.4. The maximum Gasteiger partial charge on any atom is 0.251 e. The molecule has 2 rings (SSSR count). The van der Waals surface area contributed by atoms with Gasteiger partial charge in [-0.05, 0) is 43.7 Å². The highest BCUT2D eigenvalue weighted by Gasteiger charge is 2.07. The topological polar surface area (TPSA) is 75.3 Å². The summed E-state index contributed by atoms with van der Waals surface area (Å²) in [7, 11) is -3.32. The van der Waals surface area contributed by atoms with Gasteiger partial charge >= 0.3 is 0 Å². The molecule has 0 aliphatic heterocycles. The summed E-state index contributed by atoms with van der Waals surface area (Å²) in [5.74, 6) is -0.154. The number of sulfonamides is 1. The van der Waals surface area contributed by atoms with Gasteiger partial charge in [-0.3, -0.25) is 9.52 Å². The van der Waals surface area contributed by atoms with Gasteiger partial charge in [-0.2, -0.15) is 0 Å². The third-order valence-electron chi connectivity index (χ3n) is 3.17. The van der Waals surface area contributed by atoms with Gasteiger partial charge in [0.05, 0.1) is 6.26 Å². The van der Waals surface area contributed by atoms with Gasteiger partial charge < -0.3 is 5.32 Å². The van der Waals surface area contributed by atoms with Crippen LogP contribution in [0.15, 0.2) is 42.5 Å². The van der Waals surface area contributed by atoms with Gasteiger partial charge in [0.2, 0.25) is 10.0 Å². The minimum Gasteiger partial charge on any atom is -0.348 e. The van der Waals surface area contributed by atoms with Crippen molar-refractivity contribution in [3.8, 4) is 0 Å². The predicted molar refractivity (Wildman–Crippen MR) is 92.0 cm³/mol. The Morgan fingerprint density at radius 1 is 1.04 bits per heavy atom. The van der Waals surface area contributed by atoms with E-state index in [9.17, 15) is 13.2 Å². The third-order valence-corrected chi connectivity index (χ3v) is 3.77. The Morgan fingerprint density at radius 3 is 2.30 bits per heavy atom. The number of carbonyl (C=O) groups is 1. The van der Waals surface area contributed by atoms with E-state index in [2.05, 4.69) is 10.0 Å². The molecule has 5 nitrogen and oxygen atoms in total. The molecule has 0 aliphatic carbocycles. The highest BCUT2D eigenvalue weighted by molar-refractivity contribution is 7.92. The summed E-state index contributed by atoms with van der Waals surface area (Å²) < 4.78 is 24.9. The number of anilines is 1. The van der Waals surface area contributed by atoms with Gasteiger partial charge in [0, 0.05) is 17.8 Å². The first-order valence-electron chi connectivity index (χ1n) is 7.16. The molecule has 2 aromatic carbocycles. The number of hydrogen-bond donors (Lipinski definition) is 2. The summed E-state index contributed by atoms with van der Waals surface area (Å²) in [6.07, 6.45) is 1.10. The van der Waals surface area contributed by atoms with E-state index in [1.165, 1.54) is 0 Å². The third kappa shape index (κ3) is 5.41. The molecule has 0 atom stereocenters. The van der Waals surface area contributed by atoms with Crippen LogP contribution >= 0.6 is 0 Å². The van der Waals surface area contributed by atoms with Crippen molar-refractivity contribution in [2.75, 3.05) is 11.0 Å². The largest absolute Gasteiger partial charge is 0.348 e. The number of aryl methyl sites for hydroxylation is 2. The van der Waals surface area contributed by atoms with Crippen LogP contribution in [0.5, 0.6) is 0 Å². The highest BCUT2D eigenvalue weighted by atomic mass is 32.2. The molecule has 0 radical (unpaired) electrons. The van der Waals surface area contributed by atoms with Crippen LogP contribution in [0.3, 0.4) is 0 Å². The molecular weight excluding hydrogens is 312 g/mol. The molecule has 122 valence electrons. The number of carbonyl (C=O) groups excluding carboxylic acids is 1. The van der Waals surface area contributed by atoms with E-state index < -0.39 is 10.0 Å². The highest BCUT2D eigenvalue weighted by Crippen LogP contribution is 2.13. The normalized spacial score (nSPS) is 11.1. The summed E-state index contributed by atoms with van der Waals surface area (Å²) in [5.41, 5.74) is 3.99.